The van der Waals surface area contributed by atoms with E-state index in [1.54, 1.807) is 19.1 Å². The average molecular weight is 395 g/mol. The fourth-order valence-corrected chi connectivity index (χ4v) is 4.14. The van der Waals surface area contributed by atoms with Gasteiger partial charge in [0, 0.05) is 18.9 Å². The molecule has 0 bridgehead atoms. The summed E-state index contributed by atoms with van der Waals surface area (Å²) in [5, 5.41) is 8.94. The largest absolute Gasteiger partial charge is 0.427 e. The van der Waals surface area contributed by atoms with Crippen LogP contribution in [0.2, 0.25) is 0 Å². The van der Waals surface area contributed by atoms with E-state index in [1.165, 1.54) is 0 Å². The van der Waals surface area contributed by atoms with E-state index in [9.17, 15) is 14.4 Å². The van der Waals surface area contributed by atoms with E-state index in [4.69, 9.17) is 4.42 Å². The van der Waals surface area contributed by atoms with E-state index in [0.717, 1.165) is 37.1 Å². The predicted molar refractivity (Wildman–Crippen MR) is 111 cm³/mol. The lowest BCUT2D eigenvalue weighted by atomic mass is 9.95. The lowest BCUT2D eigenvalue weighted by molar-refractivity contribution is -0.116. The number of hydrogen-bond acceptors (Lipinski definition) is 5. The van der Waals surface area contributed by atoms with Crippen LogP contribution < -0.4 is 21.6 Å². The highest BCUT2D eigenvalue weighted by Gasteiger charge is 2.24. The van der Waals surface area contributed by atoms with E-state index >= 15 is 0 Å². The van der Waals surface area contributed by atoms with Crippen LogP contribution in [-0.4, -0.2) is 24.9 Å². The van der Waals surface area contributed by atoms with Crippen LogP contribution in [-0.2, 0) is 11.2 Å². The maximum Gasteiger partial charge on any atom is 0.349 e. The van der Waals surface area contributed by atoms with Gasteiger partial charge in [-0.3, -0.25) is 9.59 Å². The second-order valence-electron chi connectivity index (χ2n) is 7.89. The fraction of sp³-hybridized carbons (Fsp3) is 0.409. The molecule has 2 aromatic rings. The van der Waals surface area contributed by atoms with Crippen LogP contribution in [0.4, 0.5) is 11.4 Å². The summed E-state index contributed by atoms with van der Waals surface area (Å²) in [6.07, 6.45) is 3.02. The van der Waals surface area contributed by atoms with E-state index in [-0.39, 0.29) is 17.4 Å². The molecule has 7 nitrogen and oxygen atoms in total. The Morgan fingerprint density at radius 2 is 2.00 bits per heavy atom. The Bertz CT molecular complexity index is 1040. The van der Waals surface area contributed by atoms with Gasteiger partial charge in [-0.1, -0.05) is 6.07 Å². The van der Waals surface area contributed by atoms with Crippen molar-refractivity contribution < 1.29 is 14.0 Å². The Kier molecular flexibility index (Phi) is 5.24. The van der Waals surface area contributed by atoms with Crippen molar-refractivity contribution >= 4 is 23.2 Å². The first kappa shape index (κ1) is 19.4. The number of rotatable bonds is 3. The molecule has 0 aliphatic carbocycles. The number of carbonyl (C=O) groups excluding carboxylic acids is 2. The summed E-state index contributed by atoms with van der Waals surface area (Å²) in [6.45, 7) is 5.42. The Labute approximate surface area is 168 Å². The summed E-state index contributed by atoms with van der Waals surface area (Å²) in [4.78, 5) is 37.4. The molecule has 7 heteroatoms. The summed E-state index contributed by atoms with van der Waals surface area (Å²) in [5.74, 6) is 0.151. The van der Waals surface area contributed by atoms with E-state index in [0.29, 0.717) is 35.5 Å². The van der Waals surface area contributed by atoms with Crippen LogP contribution in [0.1, 0.15) is 58.0 Å². The Balaban J connectivity index is 1.63. The highest BCUT2D eigenvalue weighted by molar-refractivity contribution is 6.08. The van der Waals surface area contributed by atoms with Crippen molar-refractivity contribution in [3.8, 4) is 0 Å². The number of aryl methyl sites for hydroxylation is 3. The standard InChI is InChI=1S/C22H25N3O4/c1-12-8-14-5-6-18(26)25-20(14)16(9-12)24-21(27)19-13(2)10-17(29-22(19)28)15-4-3-7-23-11-15/h8-10,15,23H,3-7,11H2,1-2H3,(H,24,27)(H,25,26). The molecular weight excluding hydrogens is 370 g/mol. The number of benzene rings is 1. The number of fused-ring (bicyclic) bond motifs is 1. The maximum atomic E-state index is 12.9. The first-order valence-corrected chi connectivity index (χ1v) is 10.0. The van der Waals surface area contributed by atoms with Gasteiger partial charge in [-0.25, -0.2) is 4.79 Å². The Morgan fingerprint density at radius 3 is 2.72 bits per heavy atom. The molecule has 1 unspecified atom stereocenters. The molecule has 2 aliphatic heterocycles. The minimum Gasteiger partial charge on any atom is -0.427 e. The van der Waals surface area contributed by atoms with Gasteiger partial charge in [0.1, 0.15) is 11.3 Å². The summed E-state index contributed by atoms with van der Waals surface area (Å²) in [7, 11) is 0. The van der Waals surface area contributed by atoms with Gasteiger partial charge in [-0.15, -0.1) is 0 Å². The molecule has 4 rings (SSSR count). The van der Waals surface area contributed by atoms with Crippen LogP contribution in [0, 0.1) is 13.8 Å². The molecule has 1 aromatic carbocycles. The third-order valence-electron chi connectivity index (χ3n) is 5.59. The molecule has 1 aromatic heterocycles. The third kappa shape index (κ3) is 3.96. The summed E-state index contributed by atoms with van der Waals surface area (Å²) in [6, 6.07) is 5.58. The first-order chi connectivity index (χ1) is 13.9. The number of amides is 2. The molecule has 3 N–H and O–H groups in total. The monoisotopic (exact) mass is 395 g/mol. The number of carbonyl (C=O) groups is 2. The highest BCUT2D eigenvalue weighted by atomic mass is 16.4. The molecule has 0 spiro atoms. The van der Waals surface area contributed by atoms with Crippen molar-refractivity contribution in [3.63, 3.8) is 0 Å². The van der Waals surface area contributed by atoms with Crippen molar-refractivity contribution in [2.75, 3.05) is 23.7 Å². The summed E-state index contributed by atoms with van der Waals surface area (Å²) >= 11 is 0. The second kappa shape index (κ2) is 7.83. The van der Waals surface area contributed by atoms with E-state index in [1.807, 2.05) is 13.0 Å². The molecule has 29 heavy (non-hydrogen) atoms. The molecule has 1 atom stereocenters. The molecule has 152 valence electrons. The lowest BCUT2D eigenvalue weighted by Gasteiger charge is -2.22. The van der Waals surface area contributed by atoms with Gasteiger partial charge >= 0.3 is 5.63 Å². The average Bonchev–Trinajstić information content (AvgIpc) is 2.68. The van der Waals surface area contributed by atoms with Gasteiger partial charge in [0.25, 0.3) is 5.91 Å². The van der Waals surface area contributed by atoms with Gasteiger partial charge in [0.05, 0.1) is 11.4 Å². The number of nitrogens with one attached hydrogen (secondary N) is 3. The molecule has 3 heterocycles. The number of hydrogen-bond donors (Lipinski definition) is 3. The SMILES string of the molecule is Cc1cc2c(c(NC(=O)c3c(C)cc(C4CCCNC4)oc3=O)c1)NC(=O)CC2. The van der Waals surface area contributed by atoms with Crippen molar-refractivity contribution in [2.45, 2.75) is 45.4 Å². The van der Waals surface area contributed by atoms with Crippen LogP contribution in [0.15, 0.2) is 27.4 Å². The topological polar surface area (TPSA) is 100 Å². The Morgan fingerprint density at radius 1 is 1.17 bits per heavy atom. The molecule has 0 radical (unpaired) electrons. The normalized spacial score (nSPS) is 18.7. The van der Waals surface area contributed by atoms with Crippen molar-refractivity contribution in [1.82, 2.24) is 5.32 Å². The molecule has 1 saturated heterocycles. The predicted octanol–water partition coefficient (Wildman–Crippen LogP) is 2.86. The molecular formula is C22H25N3O4. The molecule has 0 saturated carbocycles. The smallest absolute Gasteiger partial charge is 0.349 e. The first-order valence-electron chi connectivity index (χ1n) is 10.0. The van der Waals surface area contributed by atoms with Crippen LogP contribution in [0.5, 0.6) is 0 Å². The van der Waals surface area contributed by atoms with Crippen molar-refractivity contribution in [2.24, 2.45) is 0 Å². The fourth-order valence-electron chi connectivity index (χ4n) is 4.14. The van der Waals surface area contributed by atoms with E-state index < -0.39 is 11.5 Å². The summed E-state index contributed by atoms with van der Waals surface area (Å²) < 4.78 is 5.51. The highest BCUT2D eigenvalue weighted by Crippen LogP contribution is 2.32. The molecule has 2 aliphatic rings. The quantitative estimate of drug-likeness (QED) is 0.742. The maximum absolute atomic E-state index is 12.9. The van der Waals surface area contributed by atoms with Gasteiger partial charge < -0.3 is 20.4 Å². The van der Waals surface area contributed by atoms with Crippen molar-refractivity contribution in [1.29, 1.82) is 0 Å². The van der Waals surface area contributed by atoms with Gasteiger partial charge in [0.2, 0.25) is 5.91 Å². The third-order valence-corrected chi connectivity index (χ3v) is 5.59. The number of anilines is 2. The zero-order valence-electron chi connectivity index (χ0n) is 16.7. The zero-order valence-corrected chi connectivity index (χ0v) is 16.7. The minimum atomic E-state index is -0.631. The summed E-state index contributed by atoms with van der Waals surface area (Å²) in [5.41, 5.74) is 3.00. The van der Waals surface area contributed by atoms with Gasteiger partial charge in [0.15, 0.2) is 0 Å². The van der Waals surface area contributed by atoms with Gasteiger partial charge in [-0.05, 0) is 68.5 Å². The lowest BCUT2D eigenvalue weighted by Crippen LogP contribution is -2.30. The molecule has 2 amide bonds. The van der Waals surface area contributed by atoms with Crippen LogP contribution in [0.25, 0.3) is 0 Å². The van der Waals surface area contributed by atoms with Crippen LogP contribution in [0.3, 0.4) is 0 Å². The van der Waals surface area contributed by atoms with Gasteiger partial charge in [-0.2, -0.15) is 0 Å². The second-order valence-corrected chi connectivity index (χ2v) is 7.89. The Hall–Kier alpha value is -2.93. The molecule has 1 fully saturated rings. The van der Waals surface area contributed by atoms with Crippen LogP contribution >= 0.6 is 0 Å². The minimum absolute atomic E-state index is 0.00471. The zero-order chi connectivity index (χ0) is 20.5. The van der Waals surface area contributed by atoms with Crippen molar-refractivity contribution in [3.05, 3.63) is 56.6 Å². The number of piperidine rings is 1. The van der Waals surface area contributed by atoms with E-state index in [2.05, 4.69) is 16.0 Å².